The molecule has 6 nitrogen and oxygen atoms in total. The van der Waals surface area contributed by atoms with Crippen molar-refractivity contribution in [1.82, 2.24) is 0 Å². The predicted octanol–water partition coefficient (Wildman–Crippen LogP) is -2.97. The fraction of sp³-hybridized carbons (Fsp3) is 0. The van der Waals surface area contributed by atoms with Crippen molar-refractivity contribution >= 4 is 53.6 Å². The third kappa shape index (κ3) is 1.54. The van der Waals surface area contributed by atoms with E-state index in [4.69, 9.17) is 0 Å². The van der Waals surface area contributed by atoms with Crippen LogP contribution in [-0.2, 0) is 28.8 Å². The summed E-state index contributed by atoms with van der Waals surface area (Å²) in [5, 5.41) is 0. The zero-order valence-electron chi connectivity index (χ0n) is 6.45. The molecular weight excluding hydrogens is 175 g/mol. The molecule has 0 saturated heterocycles. The van der Waals surface area contributed by atoms with Crippen molar-refractivity contribution in [2.75, 3.05) is 0 Å². The van der Waals surface area contributed by atoms with Crippen LogP contribution in [0.3, 0.4) is 0 Å². The Kier molecular flexibility index (Phi) is 3.18. The van der Waals surface area contributed by atoms with Crippen LogP contribution in [0.5, 0.6) is 0 Å². The summed E-state index contributed by atoms with van der Waals surface area (Å²) in [6.07, 6.45) is 0. The molecule has 61 valence electrons. The predicted molar refractivity (Wildman–Crippen MR) is 35.8 cm³/mol. The fourth-order valence-corrected chi connectivity index (χ4v) is 0.619. The van der Waals surface area contributed by atoms with E-state index in [1.165, 1.54) is 0 Å². The molecule has 0 aromatic heterocycles. The van der Waals surface area contributed by atoms with Crippen molar-refractivity contribution in [3.63, 3.8) is 0 Å². The molecule has 1 fully saturated rings. The van der Waals surface area contributed by atoms with Crippen molar-refractivity contribution in [2.45, 2.75) is 0 Å². The minimum atomic E-state index is -1.73. The summed E-state index contributed by atoms with van der Waals surface area (Å²) >= 11 is 0. The van der Waals surface area contributed by atoms with Gasteiger partial charge in [0.1, 0.15) is 0 Å². The van der Waals surface area contributed by atoms with Crippen LogP contribution in [0.15, 0.2) is 0 Å². The maximum absolute atomic E-state index is 10.4. The maximum Gasteiger partial charge on any atom is 0.281 e. The first-order valence-corrected chi connectivity index (χ1v) is 2.72. The molecule has 1 aliphatic carbocycles. The molecule has 1 radical (unpaired) electrons. The summed E-state index contributed by atoms with van der Waals surface area (Å²) in [4.78, 5) is 62.4. The molecule has 13 heavy (non-hydrogen) atoms. The number of ketones is 6. The van der Waals surface area contributed by atoms with Gasteiger partial charge >= 0.3 is 0 Å². The summed E-state index contributed by atoms with van der Waals surface area (Å²) in [6, 6.07) is 0. The topological polar surface area (TPSA) is 102 Å². The van der Waals surface area contributed by atoms with E-state index in [1.54, 1.807) is 0 Å². The molecule has 0 heterocycles. The number of hydrogen-bond acceptors (Lipinski definition) is 6. The molecule has 1 saturated carbocycles. The Balaban J connectivity index is 0.00000144. The van der Waals surface area contributed by atoms with Gasteiger partial charge in [-0.1, -0.05) is 0 Å². The molecule has 7 heteroatoms. The van der Waals surface area contributed by atoms with Crippen LogP contribution in [0.4, 0.5) is 0 Å². The van der Waals surface area contributed by atoms with Gasteiger partial charge < -0.3 is 0 Å². The summed E-state index contributed by atoms with van der Waals surface area (Å²) < 4.78 is 0. The molecule has 0 atom stereocenters. The van der Waals surface area contributed by atoms with E-state index in [0.717, 1.165) is 0 Å². The first-order chi connectivity index (χ1) is 5.46. The first kappa shape index (κ1) is 11.6. The van der Waals surface area contributed by atoms with Gasteiger partial charge in [0.25, 0.3) is 34.7 Å². The second-order valence-corrected chi connectivity index (χ2v) is 1.97. The summed E-state index contributed by atoms with van der Waals surface area (Å²) in [6.45, 7) is 0. The SMILES string of the molecule is O=C1C(=O)C(=O)C(=O)C(=O)C1=O.[Li]. The molecular formula is C6LiO6. The Hall–Kier alpha value is -1.38. The Morgan fingerprint density at radius 1 is 0.385 bits per heavy atom. The smallest absolute Gasteiger partial charge is 0.281 e. The van der Waals surface area contributed by atoms with Crippen LogP contribution in [0.2, 0.25) is 0 Å². The van der Waals surface area contributed by atoms with E-state index in [-0.39, 0.29) is 18.9 Å². The molecule has 0 spiro atoms. The average Bonchev–Trinajstić information content (AvgIpc) is 2.08. The zero-order chi connectivity index (χ0) is 9.46. The van der Waals surface area contributed by atoms with Gasteiger partial charge in [-0.15, -0.1) is 0 Å². The molecule has 0 amide bonds. The standard InChI is InChI=1S/C6O6.Li/c7-1-2(8)4(10)6(12)5(11)3(1)9;. The number of rotatable bonds is 0. The zero-order valence-corrected chi connectivity index (χ0v) is 6.45. The van der Waals surface area contributed by atoms with Crippen LogP contribution in [0, 0.1) is 0 Å². The molecule has 1 rings (SSSR count). The average molecular weight is 175 g/mol. The van der Waals surface area contributed by atoms with Gasteiger partial charge in [0.2, 0.25) is 0 Å². The number of carbonyl (C=O) groups excluding carboxylic acids is 6. The van der Waals surface area contributed by atoms with Gasteiger partial charge in [-0.2, -0.15) is 0 Å². The third-order valence-corrected chi connectivity index (χ3v) is 1.24. The van der Waals surface area contributed by atoms with Gasteiger partial charge in [-0.3, -0.25) is 28.8 Å². The van der Waals surface area contributed by atoms with E-state index in [1.807, 2.05) is 0 Å². The Labute approximate surface area is 82.8 Å². The Morgan fingerprint density at radius 2 is 0.462 bits per heavy atom. The van der Waals surface area contributed by atoms with E-state index < -0.39 is 34.7 Å². The number of hydrogen-bond donors (Lipinski definition) is 0. The quantitative estimate of drug-likeness (QED) is 0.287. The van der Waals surface area contributed by atoms with Gasteiger partial charge in [0.05, 0.1) is 0 Å². The van der Waals surface area contributed by atoms with Crippen LogP contribution < -0.4 is 0 Å². The molecule has 0 aliphatic heterocycles. The second-order valence-electron chi connectivity index (χ2n) is 1.97. The minimum Gasteiger partial charge on any atom is -0.281 e. The summed E-state index contributed by atoms with van der Waals surface area (Å²) in [7, 11) is 0. The van der Waals surface area contributed by atoms with Gasteiger partial charge in [-0.05, 0) is 0 Å². The summed E-state index contributed by atoms with van der Waals surface area (Å²) in [5.41, 5.74) is 0. The number of carbonyl (C=O) groups is 6. The van der Waals surface area contributed by atoms with E-state index in [9.17, 15) is 28.8 Å². The van der Waals surface area contributed by atoms with Crippen LogP contribution >= 0.6 is 0 Å². The normalized spacial score (nSPS) is 17.5. The maximum atomic E-state index is 10.4. The van der Waals surface area contributed by atoms with Crippen molar-refractivity contribution in [1.29, 1.82) is 0 Å². The van der Waals surface area contributed by atoms with E-state index in [0.29, 0.717) is 0 Å². The van der Waals surface area contributed by atoms with Crippen LogP contribution in [0.25, 0.3) is 0 Å². The molecule has 0 aromatic carbocycles. The van der Waals surface area contributed by atoms with E-state index >= 15 is 0 Å². The second kappa shape index (κ2) is 3.56. The van der Waals surface area contributed by atoms with Crippen molar-refractivity contribution < 1.29 is 28.8 Å². The molecule has 0 N–H and O–H groups in total. The Morgan fingerprint density at radius 3 is 0.538 bits per heavy atom. The van der Waals surface area contributed by atoms with Gasteiger partial charge in [0.15, 0.2) is 0 Å². The third-order valence-electron chi connectivity index (χ3n) is 1.24. The molecule has 0 bridgehead atoms. The largest absolute Gasteiger partial charge is 0.281 e. The van der Waals surface area contributed by atoms with Crippen molar-refractivity contribution in [3.05, 3.63) is 0 Å². The Bertz CT molecular complexity index is 248. The van der Waals surface area contributed by atoms with Crippen molar-refractivity contribution in [3.8, 4) is 0 Å². The van der Waals surface area contributed by atoms with Gasteiger partial charge in [-0.25, -0.2) is 0 Å². The minimum absolute atomic E-state index is 0. The van der Waals surface area contributed by atoms with E-state index in [2.05, 4.69) is 0 Å². The van der Waals surface area contributed by atoms with Crippen molar-refractivity contribution in [2.24, 2.45) is 0 Å². The number of Topliss-reactive ketones (excluding diaryl/α,β-unsaturated/α-hetero) is 6. The molecule has 0 aromatic rings. The molecule has 0 unspecified atom stereocenters. The van der Waals surface area contributed by atoms with Gasteiger partial charge in [0, 0.05) is 18.9 Å². The van der Waals surface area contributed by atoms with Crippen LogP contribution in [0.1, 0.15) is 0 Å². The summed E-state index contributed by atoms with van der Waals surface area (Å²) in [5.74, 6) is -10.4. The fourth-order valence-electron chi connectivity index (χ4n) is 0.619. The first-order valence-electron chi connectivity index (χ1n) is 2.72. The monoisotopic (exact) mass is 175 g/mol. The molecule has 1 aliphatic rings. The van der Waals surface area contributed by atoms with Crippen LogP contribution in [-0.4, -0.2) is 53.6 Å².